The number of nitrogens with one attached hydrogen (secondary N) is 1. The number of carbonyl (C=O) groups is 4. The summed E-state index contributed by atoms with van der Waals surface area (Å²) in [7, 11) is 2.36. The van der Waals surface area contributed by atoms with Crippen LogP contribution in [0.4, 0.5) is 10.5 Å². The molecule has 26 heavy (non-hydrogen) atoms. The molecular weight excluding hydrogens is 344 g/mol. The van der Waals surface area contributed by atoms with E-state index in [1.54, 1.807) is 6.92 Å². The van der Waals surface area contributed by atoms with Crippen molar-refractivity contribution >= 4 is 29.6 Å². The van der Waals surface area contributed by atoms with E-state index in [-0.39, 0.29) is 23.4 Å². The predicted molar refractivity (Wildman–Crippen MR) is 90.1 cm³/mol. The van der Waals surface area contributed by atoms with Crippen molar-refractivity contribution in [2.45, 2.75) is 13.3 Å². The monoisotopic (exact) mass is 364 g/mol. The van der Waals surface area contributed by atoms with Crippen molar-refractivity contribution in [3.8, 4) is 0 Å². The Morgan fingerprint density at radius 1 is 1.12 bits per heavy atom. The normalized spacial score (nSPS) is 19.0. The maximum absolute atomic E-state index is 12.4. The molecule has 1 aromatic carbocycles. The Hall–Kier alpha value is -3.10. The fourth-order valence-corrected chi connectivity index (χ4v) is 2.70. The summed E-state index contributed by atoms with van der Waals surface area (Å²) in [5, 5.41) is 11.8. The summed E-state index contributed by atoms with van der Waals surface area (Å²) in [5.41, 5.74) is -0.749. The minimum atomic E-state index is -0.983. The first-order valence-electron chi connectivity index (χ1n) is 7.82. The number of nitrogens with zero attached hydrogens (tertiary/aromatic N) is 1. The number of carboxylic acids is 1. The van der Waals surface area contributed by atoms with Crippen LogP contribution < -0.4 is 5.32 Å². The first-order valence-corrected chi connectivity index (χ1v) is 7.82. The number of carbonyl (C=O) groups excluding carboxylic acids is 3. The maximum Gasteiger partial charge on any atom is 0.338 e. The zero-order chi connectivity index (χ0) is 19.5. The third kappa shape index (κ3) is 3.76. The number of rotatable bonds is 4. The van der Waals surface area contributed by atoms with Gasteiger partial charge in [-0.3, -0.25) is 4.79 Å². The van der Waals surface area contributed by atoms with E-state index in [4.69, 9.17) is 0 Å². The number of esters is 2. The summed E-state index contributed by atoms with van der Waals surface area (Å²) in [4.78, 5) is 48.7. The molecule has 1 heterocycles. The van der Waals surface area contributed by atoms with Gasteiger partial charge in [0.15, 0.2) is 0 Å². The number of carboxylic acid groups (broad SMARTS) is 1. The molecule has 1 aliphatic heterocycles. The number of amides is 2. The van der Waals surface area contributed by atoms with Crippen LogP contribution in [-0.2, 0) is 14.3 Å². The molecule has 0 radical (unpaired) electrons. The molecule has 1 fully saturated rings. The number of benzene rings is 1. The van der Waals surface area contributed by atoms with Crippen molar-refractivity contribution in [3.63, 3.8) is 0 Å². The Balaban J connectivity index is 2.19. The molecule has 2 rings (SSSR count). The van der Waals surface area contributed by atoms with Crippen molar-refractivity contribution in [3.05, 3.63) is 29.3 Å². The quantitative estimate of drug-likeness (QED) is 0.778. The maximum atomic E-state index is 12.4. The highest BCUT2D eigenvalue weighted by atomic mass is 16.5. The molecule has 2 N–H and O–H groups in total. The Bertz CT molecular complexity index is 761. The third-order valence-electron chi connectivity index (χ3n) is 4.36. The van der Waals surface area contributed by atoms with E-state index in [1.807, 2.05) is 0 Å². The van der Waals surface area contributed by atoms with E-state index < -0.39 is 29.4 Å². The Morgan fingerprint density at radius 2 is 1.73 bits per heavy atom. The van der Waals surface area contributed by atoms with Crippen LogP contribution in [0.2, 0.25) is 0 Å². The molecule has 1 unspecified atom stereocenters. The zero-order valence-corrected chi connectivity index (χ0v) is 14.7. The molecule has 9 nitrogen and oxygen atoms in total. The van der Waals surface area contributed by atoms with Crippen molar-refractivity contribution < 1.29 is 33.8 Å². The van der Waals surface area contributed by atoms with Gasteiger partial charge in [-0.15, -0.1) is 0 Å². The van der Waals surface area contributed by atoms with Gasteiger partial charge in [0.25, 0.3) is 0 Å². The molecule has 0 spiro atoms. The Kier molecular flexibility index (Phi) is 5.49. The average molecular weight is 364 g/mol. The van der Waals surface area contributed by atoms with E-state index in [1.165, 1.54) is 37.3 Å². The van der Waals surface area contributed by atoms with E-state index >= 15 is 0 Å². The third-order valence-corrected chi connectivity index (χ3v) is 4.36. The smallest absolute Gasteiger partial charge is 0.338 e. The minimum absolute atomic E-state index is 0.0111. The number of methoxy groups -OCH3 is 2. The lowest BCUT2D eigenvalue weighted by Crippen LogP contribution is -2.37. The topological polar surface area (TPSA) is 122 Å². The number of aliphatic carboxylic acids is 1. The SMILES string of the molecule is COC(=O)c1ccc(NC(=O)N2CCC(C)(C(=O)O)C2)cc1C(=O)OC. The molecule has 140 valence electrons. The lowest BCUT2D eigenvalue weighted by molar-refractivity contribution is -0.146. The average Bonchev–Trinajstić information content (AvgIpc) is 3.04. The predicted octanol–water partition coefficient (Wildman–Crippen LogP) is 1.59. The van der Waals surface area contributed by atoms with Gasteiger partial charge >= 0.3 is 23.9 Å². The molecule has 1 saturated heterocycles. The highest BCUT2D eigenvalue weighted by molar-refractivity contribution is 6.04. The molecule has 1 aromatic rings. The molecule has 1 atom stereocenters. The fourth-order valence-electron chi connectivity index (χ4n) is 2.70. The summed E-state index contributed by atoms with van der Waals surface area (Å²) in [6.45, 7) is 1.97. The molecule has 2 amide bonds. The first kappa shape index (κ1) is 19.2. The van der Waals surface area contributed by atoms with E-state index in [0.717, 1.165) is 0 Å². The van der Waals surface area contributed by atoms with Crippen LogP contribution in [0.1, 0.15) is 34.1 Å². The fraction of sp³-hybridized carbons (Fsp3) is 0.412. The van der Waals surface area contributed by atoms with Gasteiger partial charge in [0.2, 0.25) is 0 Å². The molecular formula is C17H20N2O7. The van der Waals surface area contributed by atoms with E-state index in [0.29, 0.717) is 13.0 Å². The van der Waals surface area contributed by atoms with Crippen LogP contribution >= 0.6 is 0 Å². The number of hydrogen-bond acceptors (Lipinski definition) is 6. The Morgan fingerprint density at radius 3 is 2.27 bits per heavy atom. The van der Waals surface area contributed by atoms with Gasteiger partial charge in [-0.2, -0.15) is 0 Å². The summed E-state index contributed by atoms with van der Waals surface area (Å²) in [6.07, 6.45) is 0.352. The molecule has 1 aliphatic rings. The van der Waals surface area contributed by atoms with Crippen molar-refractivity contribution in [1.29, 1.82) is 0 Å². The van der Waals surface area contributed by atoms with Crippen molar-refractivity contribution in [2.24, 2.45) is 5.41 Å². The highest BCUT2D eigenvalue weighted by Gasteiger charge is 2.42. The van der Waals surface area contributed by atoms with Crippen LogP contribution in [0.25, 0.3) is 0 Å². The largest absolute Gasteiger partial charge is 0.481 e. The molecule has 0 saturated carbocycles. The van der Waals surface area contributed by atoms with Gasteiger partial charge in [0, 0.05) is 18.8 Å². The van der Waals surface area contributed by atoms with Crippen molar-refractivity contribution in [2.75, 3.05) is 32.6 Å². The molecule has 9 heteroatoms. The number of hydrogen-bond donors (Lipinski definition) is 2. The number of urea groups is 1. The zero-order valence-electron chi connectivity index (χ0n) is 14.7. The van der Waals surface area contributed by atoms with Gasteiger partial charge in [-0.1, -0.05) is 0 Å². The van der Waals surface area contributed by atoms with Crippen LogP contribution in [0.15, 0.2) is 18.2 Å². The van der Waals surface area contributed by atoms with E-state index in [2.05, 4.69) is 14.8 Å². The lowest BCUT2D eigenvalue weighted by atomic mass is 9.90. The number of anilines is 1. The molecule has 0 aliphatic carbocycles. The second-order valence-electron chi connectivity index (χ2n) is 6.21. The van der Waals surface area contributed by atoms with Crippen molar-refractivity contribution in [1.82, 2.24) is 4.90 Å². The van der Waals surface area contributed by atoms with Gasteiger partial charge in [-0.25, -0.2) is 14.4 Å². The van der Waals surface area contributed by atoms with Crippen LogP contribution in [0.3, 0.4) is 0 Å². The van der Waals surface area contributed by atoms with Crippen LogP contribution in [-0.4, -0.2) is 61.3 Å². The van der Waals surface area contributed by atoms with Gasteiger partial charge < -0.3 is 24.8 Å². The molecule has 0 bridgehead atoms. The van der Waals surface area contributed by atoms with Crippen LogP contribution in [0.5, 0.6) is 0 Å². The van der Waals surface area contributed by atoms with E-state index in [9.17, 15) is 24.3 Å². The summed E-state index contributed by atoms with van der Waals surface area (Å²) in [6, 6.07) is 3.61. The summed E-state index contributed by atoms with van der Waals surface area (Å²) >= 11 is 0. The molecule has 0 aromatic heterocycles. The summed E-state index contributed by atoms with van der Waals surface area (Å²) in [5.74, 6) is -2.41. The van der Waals surface area contributed by atoms with Gasteiger partial charge in [0.1, 0.15) is 0 Å². The van der Waals surface area contributed by atoms with Gasteiger partial charge in [0.05, 0.1) is 30.8 Å². The Labute approximate surface area is 149 Å². The highest BCUT2D eigenvalue weighted by Crippen LogP contribution is 2.30. The lowest BCUT2D eigenvalue weighted by Gasteiger charge is -2.20. The first-order chi connectivity index (χ1) is 12.2. The van der Waals surface area contributed by atoms with Crippen LogP contribution in [0, 0.1) is 5.41 Å². The standard InChI is InChI=1S/C17H20N2O7/c1-17(15(22)23)6-7-19(9-17)16(24)18-10-4-5-11(13(20)25-2)12(8-10)14(21)26-3/h4-5,8H,6-7,9H2,1-3H3,(H,18,24)(H,22,23). The second kappa shape index (κ2) is 7.42. The number of likely N-dealkylation sites (tertiary alicyclic amines) is 1. The van der Waals surface area contributed by atoms with Gasteiger partial charge in [-0.05, 0) is 31.5 Å². The second-order valence-corrected chi connectivity index (χ2v) is 6.21. The summed E-state index contributed by atoms with van der Waals surface area (Å²) < 4.78 is 9.27. The number of ether oxygens (including phenoxy) is 2. The minimum Gasteiger partial charge on any atom is -0.481 e.